The third-order valence-corrected chi connectivity index (χ3v) is 5.85. The fourth-order valence-electron chi connectivity index (χ4n) is 3.21. The molecule has 0 radical (unpaired) electrons. The summed E-state index contributed by atoms with van der Waals surface area (Å²) in [5.41, 5.74) is 3.16. The zero-order valence-corrected chi connectivity index (χ0v) is 16.4. The van der Waals surface area contributed by atoms with Crippen LogP contribution in [0.2, 0.25) is 0 Å². The molecule has 1 fully saturated rings. The van der Waals surface area contributed by atoms with Crippen LogP contribution in [-0.4, -0.2) is 37.3 Å². The van der Waals surface area contributed by atoms with Crippen LogP contribution in [0.15, 0.2) is 65.7 Å². The van der Waals surface area contributed by atoms with Crippen molar-refractivity contribution in [1.29, 1.82) is 0 Å². The van der Waals surface area contributed by atoms with Gasteiger partial charge >= 0.3 is 5.97 Å². The number of rotatable bonds is 5. The number of benzene rings is 2. The third-order valence-electron chi connectivity index (χ3n) is 4.47. The number of nitrogens with zero attached hydrogens (tertiary/aromatic N) is 2. The molecule has 2 aromatic carbocycles. The van der Waals surface area contributed by atoms with Gasteiger partial charge in [-0.2, -0.15) is 0 Å². The fraction of sp³-hybridized carbons (Fsp3) is 0.0952. The molecule has 1 saturated heterocycles. The lowest BCUT2D eigenvalue weighted by Crippen LogP contribution is -2.33. The molecule has 2 heterocycles. The standard InChI is InChI=1S/C21H16N2O3S2/c24-19(25)13-23-20(26)18(28-21(23)27)10-15-12-22(11-14-6-2-1-3-7-14)17-9-5-4-8-16(15)17/h1-10,12H,11,13H2,(H,24,25)/b18-10-. The van der Waals surface area contributed by atoms with E-state index in [0.29, 0.717) is 4.91 Å². The summed E-state index contributed by atoms with van der Waals surface area (Å²) in [5.74, 6) is -1.45. The van der Waals surface area contributed by atoms with E-state index >= 15 is 0 Å². The van der Waals surface area contributed by atoms with E-state index in [1.165, 1.54) is 5.56 Å². The van der Waals surface area contributed by atoms with E-state index in [4.69, 9.17) is 17.3 Å². The first-order valence-electron chi connectivity index (χ1n) is 8.62. The number of hydrogen-bond donors (Lipinski definition) is 1. The number of carboxylic acid groups (broad SMARTS) is 1. The van der Waals surface area contributed by atoms with Crippen LogP contribution in [0.4, 0.5) is 0 Å². The molecule has 0 saturated carbocycles. The molecule has 1 aliphatic rings. The Kier molecular flexibility index (Phi) is 5.02. The van der Waals surface area contributed by atoms with Gasteiger partial charge in [0.25, 0.3) is 5.91 Å². The van der Waals surface area contributed by atoms with Gasteiger partial charge in [0, 0.05) is 29.2 Å². The molecule has 1 aromatic heterocycles. The van der Waals surface area contributed by atoms with Crippen LogP contribution >= 0.6 is 24.0 Å². The number of thiocarbonyl (C=S) groups is 1. The Morgan fingerprint density at radius 2 is 1.82 bits per heavy atom. The minimum absolute atomic E-state index is 0.270. The predicted molar refractivity (Wildman–Crippen MR) is 115 cm³/mol. The zero-order valence-electron chi connectivity index (χ0n) is 14.7. The Morgan fingerprint density at radius 1 is 1.11 bits per heavy atom. The lowest BCUT2D eigenvalue weighted by Gasteiger charge is -2.10. The Labute approximate surface area is 171 Å². The van der Waals surface area contributed by atoms with Gasteiger partial charge in [-0.25, -0.2) is 0 Å². The molecule has 140 valence electrons. The van der Waals surface area contributed by atoms with Crippen LogP contribution in [0.3, 0.4) is 0 Å². The molecular weight excluding hydrogens is 392 g/mol. The second kappa shape index (κ2) is 7.61. The van der Waals surface area contributed by atoms with Gasteiger partial charge in [0.05, 0.1) is 4.91 Å². The van der Waals surface area contributed by atoms with E-state index in [0.717, 1.165) is 39.7 Å². The highest BCUT2D eigenvalue weighted by Crippen LogP contribution is 2.34. The number of para-hydroxylation sites is 1. The molecule has 0 spiro atoms. The lowest BCUT2D eigenvalue weighted by atomic mass is 10.1. The quantitative estimate of drug-likeness (QED) is 0.511. The number of carboxylic acids is 1. The van der Waals surface area contributed by atoms with Gasteiger partial charge in [0.1, 0.15) is 10.9 Å². The fourth-order valence-corrected chi connectivity index (χ4v) is 4.46. The van der Waals surface area contributed by atoms with Crippen LogP contribution in [0.5, 0.6) is 0 Å². The molecule has 7 heteroatoms. The molecule has 0 aliphatic carbocycles. The van der Waals surface area contributed by atoms with Crippen molar-refractivity contribution in [2.75, 3.05) is 6.54 Å². The van der Waals surface area contributed by atoms with Crippen molar-refractivity contribution in [3.8, 4) is 0 Å². The van der Waals surface area contributed by atoms with E-state index in [1.54, 1.807) is 6.08 Å². The summed E-state index contributed by atoms with van der Waals surface area (Å²) >= 11 is 6.31. The van der Waals surface area contributed by atoms with Crippen molar-refractivity contribution in [3.63, 3.8) is 0 Å². The SMILES string of the molecule is O=C(O)CN1C(=O)/C(=C/c2cn(Cc3ccccc3)c3ccccc23)SC1=S. The summed E-state index contributed by atoms with van der Waals surface area (Å²) in [4.78, 5) is 25.1. The van der Waals surface area contributed by atoms with Crippen molar-refractivity contribution in [2.45, 2.75) is 6.54 Å². The molecule has 0 bridgehead atoms. The van der Waals surface area contributed by atoms with Crippen molar-refractivity contribution < 1.29 is 14.7 Å². The summed E-state index contributed by atoms with van der Waals surface area (Å²) in [6, 6.07) is 18.2. The zero-order chi connectivity index (χ0) is 19.7. The van der Waals surface area contributed by atoms with Crippen molar-refractivity contribution in [3.05, 3.63) is 76.8 Å². The van der Waals surface area contributed by atoms with Crippen LogP contribution in [0.1, 0.15) is 11.1 Å². The Morgan fingerprint density at radius 3 is 2.57 bits per heavy atom. The topological polar surface area (TPSA) is 62.5 Å². The van der Waals surface area contributed by atoms with Gasteiger partial charge in [0.15, 0.2) is 0 Å². The van der Waals surface area contributed by atoms with Crippen LogP contribution in [-0.2, 0) is 16.1 Å². The van der Waals surface area contributed by atoms with Gasteiger partial charge < -0.3 is 9.67 Å². The summed E-state index contributed by atoms with van der Waals surface area (Å²) in [5, 5.41) is 10.0. The maximum atomic E-state index is 12.6. The summed E-state index contributed by atoms with van der Waals surface area (Å²) in [6.45, 7) is 0.299. The lowest BCUT2D eigenvalue weighted by molar-refractivity contribution is -0.140. The maximum Gasteiger partial charge on any atom is 0.323 e. The first-order chi connectivity index (χ1) is 13.5. The number of carbonyl (C=O) groups excluding carboxylic acids is 1. The Bertz CT molecular complexity index is 1120. The largest absolute Gasteiger partial charge is 0.480 e. The molecule has 1 amide bonds. The number of fused-ring (bicyclic) bond motifs is 1. The molecule has 1 N–H and O–H groups in total. The number of thioether (sulfide) groups is 1. The number of hydrogen-bond acceptors (Lipinski definition) is 4. The highest BCUT2D eigenvalue weighted by Gasteiger charge is 2.33. The summed E-state index contributed by atoms with van der Waals surface area (Å²) in [7, 11) is 0. The van der Waals surface area contributed by atoms with Crippen molar-refractivity contribution >= 4 is 57.2 Å². The van der Waals surface area contributed by atoms with Crippen LogP contribution in [0.25, 0.3) is 17.0 Å². The predicted octanol–water partition coefficient (Wildman–Crippen LogP) is 3.98. The number of aromatic nitrogens is 1. The molecule has 4 rings (SSSR count). The second-order valence-corrected chi connectivity index (χ2v) is 8.05. The molecular formula is C21H16N2O3S2. The molecule has 1 aliphatic heterocycles. The van der Waals surface area contributed by atoms with Gasteiger partial charge in [0.2, 0.25) is 0 Å². The van der Waals surface area contributed by atoms with Crippen LogP contribution < -0.4 is 0 Å². The Balaban J connectivity index is 1.72. The first-order valence-corrected chi connectivity index (χ1v) is 9.84. The highest BCUT2D eigenvalue weighted by molar-refractivity contribution is 8.26. The van der Waals surface area contributed by atoms with Crippen molar-refractivity contribution in [2.24, 2.45) is 0 Å². The van der Waals surface area contributed by atoms with Gasteiger partial charge in [-0.15, -0.1) is 0 Å². The molecule has 3 aromatic rings. The Hall–Kier alpha value is -2.90. The van der Waals surface area contributed by atoms with Gasteiger partial charge in [-0.05, 0) is 17.7 Å². The normalized spacial score (nSPS) is 15.7. The third kappa shape index (κ3) is 3.58. The van der Waals surface area contributed by atoms with Gasteiger partial charge in [-0.1, -0.05) is 72.5 Å². The van der Waals surface area contributed by atoms with E-state index in [2.05, 4.69) is 16.7 Å². The minimum Gasteiger partial charge on any atom is -0.480 e. The number of carbonyl (C=O) groups is 2. The summed E-state index contributed by atoms with van der Waals surface area (Å²) in [6.07, 6.45) is 3.81. The van der Waals surface area contributed by atoms with Crippen molar-refractivity contribution in [1.82, 2.24) is 9.47 Å². The number of amides is 1. The average Bonchev–Trinajstić information content (AvgIpc) is 3.15. The summed E-state index contributed by atoms with van der Waals surface area (Å²) < 4.78 is 2.42. The molecule has 5 nitrogen and oxygen atoms in total. The van der Waals surface area contributed by atoms with Gasteiger partial charge in [-0.3, -0.25) is 14.5 Å². The van der Waals surface area contributed by atoms with E-state index < -0.39 is 12.5 Å². The smallest absolute Gasteiger partial charge is 0.323 e. The maximum absolute atomic E-state index is 12.6. The second-order valence-electron chi connectivity index (χ2n) is 6.38. The minimum atomic E-state index is -1.09. The van der Waals surface area contributed by atoms with Crippen LogP contribution in [0, 0.1) is 0 Å². The van der Waals surface area contributed by atoms with E-state index in [9.17, 15) is 9.59 Å². The monoisotopic (exact) mass is 408 g/mol. The first kappa shape index (κ1) is 18.5. The average molecular weight is 409 g/mol. The molecule has 0 unspecified atom stereocenters. The molecule has 0 atom stereocenters. The highest BCUT2D eigenvalue weighted by atomic mass is 32.2. The van der Waals surface area contributed by atoms with E-state index in [-0.39, 0.29) is 10.2 Å². The van der Waals surface area contributed by atoms with E-state index in [1.807, 2.05) is 48.7 Å². The number of aliphatic carboxylic acids is 1. The molecule has 28 heavy (non-hydrogen) atoms.